The first kappa shape index (κ1) is 18.4. The summed E-state index contributed by atoms with van der Waals surface area (Å²) in [6, 6.07) is 0. The SMILES string of the molecule is CCCCC(CC)COC(=O)C(=C=N)C(=O)C(F)(F)F. The number of unbranched alkanes of at least 4 members (excludes halogenated alkanes) is 1. The zero-order chi connectivity index (χ0) is 15.8. The summed E-state index contributed by atoms with van der Waals surface area (Å²) < 4.78 is 41.2. The van der Waals surface area contributed by atoms with Gasteiger partial charge in [0.2, 0.25) is 0 Å². The van der Waals surface area contributed by atoms with Gasteiger partial charge in [-0.15, -0.1) is 0 Å². The Morgan fingerprint density at radius 1 is 1.30 bits per heavy atom. The van der Waals surface area contributed by atoms with E-state index in [2.05, 4.69) is 4.74 Å². The Kier molecular flexibility index (Phi) is 7.84. The van der Waals surface area contributed by atoms with Crippen molar-refractivity contribution in [2.45, 2.75) is 45.7 Å². The molecule has 0 radical (unpaired) electrons. The quantitative estimate of drug-likeness (QED) is 0.246. The van der Waals surface area contributed by atoms with Crippen molar-refractivity contribution in [3.05, 3.63) is 5.57 Å². The van der Waals surface area contributed by atoms with Crippen LogP contribution in [-0.2, 0) is 14.3 Å². The molecule has 1 N–H and O–H groups in total. The van der Waals surface area contributed by atoms with E-state index in [0.717, 1.165) is 19.3 Å². The maximum Gasteiger partial charge on any atom is 0.455 e. The Bertz CT molecular complexity index is 398. The number of hydrogen-bond acceptors (Lipinski definition) is 4. The minimum atomic E-state index is -5.21. The molecular weight excluding hydrogens is 275 g/mol. The number of ketones is 1. The summed E-state index contributed by atoms with van der Waals surface area (Å²) in [5.41, 5.74) is -1.41. The van der Waals surface area contributed by atoms with E-state index in [1.165, 1.54) is 5.87 Å². The molecular formula is C13H18F3NO3. The van der Waals surface area contributed by atoms with Gasteiger partial charge >= 0.3 is 12.1 Å². The van der Waals surface area contributed by atoms with Crippen LogP contribution in [0, 0.1) is 11.3 Å². The van der Waals surface area contributed by atoms with Gasteiger partial charge < -0.3 is 4.74 Å². The molecule has 1 unspecified atom stereocenters. The number of alkyl halides is 3. The van der Waals surface area contributed by atoms with E-state index in [-0.39, 0.29) is 12.5 Å². The summed E-state index contributed by atoms with van der Waals surface area (Å²) in [7, 11) is 0. The molecule has 0 aliphatic carbocycles. The predicted molar refractivity (Wildman–Crippen MR) is 66.6 cm³/mol. The molecule has 4 nitrogen and oxygen atoms in total. The van der Waals surface area contributed by atoms with Crippen molar-refractivity contribution in [3.8, 4) is 0 Å². The van der Waals surface area contributed by atoms with Crippen molar-refractivity contribution in [3.63, 3.8) is 0 Å². The highest BCUT2D eigenvalue weighted by Gasteiger charge is 2.44. The van der Waals surface area contributed by atoms with Crippen molar-refractivity contribution >= 4 is 17.6 Å². The van der Waals surface area contributed by atoms with Crippen LogP contribution in [-0.4, -0.2) is 30.4 Å². The number of halogens is 3. The van der Waals surface area contributed by atoms with Crippen molar-refractivity contribution in [2.24, 2.45) is 5.92 Å². The molecule has 0 fully saturated rings. The fourth-order valence-corrected chi connectivity index (χ4v) is 1.51. The second-order valence-corrected chi connectivity index (χ2v) is 4.34. The van der Waals surface area contributed by atoms with Gasteiger partial charge in [-0.25, -0.2) is 4.79 Å². The fraction of sp³-hybridized carbons (Fsp3) is 0.692. The standard InChI is InChI=1S/C13H18F3NO3/c1-3-5-6-9(4-2)8-20-12(19)10(7-17)11(18)13(14,15)16/h9,17H,3-6,8H2,1-2H3. The Balaban J connectivity index is 4.59. The normalized spacial score (nSPS) is 12.4. The first-order valence-electron chi connectivity index (χ1n) is 6.36. The number of hydrogen-bond donors (Lipinski definition) is 1. The van der Waals surface area contributed by atoms with Crippen LogP contribution in [0.4, 0.5) is 13.2 Å². The Morgan fingerprint density at radius 2 is 1.90 bits per heavy atom. The fourth-order valence-electron chi connectivity index (χ4n) is 1.51. The molecule has 0 heterocycles. The molecule has 0 rings (SSSR count). The molecule has 0 saturated heterocycles. The number of carbonyl (C=O) groups is 2. The second-order valence-electron chi connectivity index (χ2n) is 4.34. The van der Waals surface area contributed by atoms with Gasteiger partial charge in [-0.3, -0.25) is 10.2 Å². The monoisotopic (exact) mass is 293 g/mol. The molecule has 7 heteroatoms. The van der Waals surface area contributed by atoms with E-state index in [0.29, 0.717) is 6.42 Å². The third kappa shape index (κ3) is 6.02. The lowest BCUT2D eigenvalue weighted by Gasteiger charge is -2.14. The third-order valence-corrected chi connectivity index (χ3v) is 2.81. The molecule has 0 aromatic carbocycles. The van der Waals surface area contributed by atoms with Gasteiger partial charge in [0, 0.05) is 0 Å². The molecule has 20 heavy (non-hydrogen) atoms. The topological polar surface area (TPSA) is 67.2 Å². The van der Waals surface area contributed by atoms with E-state index in [4.69, 9.17) is 5.41 Å². The molecule has 114 valence electrons. The van der Waals surface area contributed by atoms with E-state index in [9.17, 15) is 22.8 Å². The van der Waals surface area contributed by atoms with Crippen LogP contribution in [0.1, 0.15) is 39.5 Å². The number of ether oxygens (including phenoxy) is 1. The van der Waals surface area contributed by atoms with Crippen molar-refractivity contribution in [2.75, 3.05) is 6.61 Å². The van der Waals surface area contributed by atoms with E-state index < -0.39 is 23.5 Å². The average molecular weight is 293 g/mol. The lowest BCUT2D eigenvalue weighted by atomic mass is 10.0. The lowest BCUT2D eigenvalue weighted by molar-refractivity contribution is -0.168. The minimum Gasteiger partial charge on any atom is -0.461 e. The maximum absolute atomic E-state index is 12.2. The van der Waals surface area contributed by atoms with Crippen molar-refractivity contribution in [1.82, 2.24) is 0 Å². The molecule has 0 aromatic heterocycles. The van der Waals surface area contributed by atoms with Crippen molar-refractivity contribution in [1.29, 1.82) is 5.41 Å². The molecule has 0 aliphatic rings. The van der Waals surface area contributed by atoms with Gasteiger partial charge in [0.1, 0.15) is 0 Å². The Hall–Kier alpha value is -1.62. The smallest absolute Gasteiger partial charge is 0.455 e. The van der Waals surface area contributed by atoms with Gasteiger partial charge in [0.05, 0.1) is 6.61 Å². The Labute approximate surface area is 115 Å². The van der Waals surface area contributed by atoms with Crippen LogP contribution in [0.25, 0.3) is 0 Å². The van der Waals surface area contributed by atoms with Gasteiger partial charge in [-0.1, -0.05) is 33.1 Å². The largest absolute Gasteiger partial charge is 0.461 e. The molecule has 0 amide bonds. The second kappa shape index (κ2) is 8.53. The molecule has 1 atom stereocenters. The summed E-state index contributed by atoms with van der Waals surface area (Å²) >= 11 is 0. The predicted octanol–water partition coefficient (Wildman–Crippen LogP) is 3.05. The highest BCUT2D eigenvalue weighted by Crippen LogP contribution is 2.21. The highest BCUT2D eigenvalue weighted by atomic mass is 19.4. The number of rotatable bonds is 8. The minimum absolute atomic E-state index is 0.0341. The average Bonchev–Trinajstić information content (AvgIpc) is 2.38. The lowest BCUT2D eigenvalue weighted by Crippen LogP contribution is -2.30. The summed E-state index contributed by atoms with van der Waals surface area (Å²) in [6.07, 6.45) is -1.83. The van der Waals surface area contributed by atoms with E-state index in [1.54, 1.807) is 0 Å². The van der Waals surface area contributed by atoms with Crippen LogP contribution in [0.5, 0.6) is 0 Å². The summed E-state index contributed by atoms with van der Waals surface area (Å²) in [5.74, 6) is -2.60. The zero-order valence-corrected chi connectivity index (χ0v) is 11.5. The van der Waals surface area contributed by atoms with Crippen molar-refractivity contribution < 1.29 is 27.5 Å². The maximum atomic E-state index is 12.2. The van der Waals surface area contributed by atoms with Gasteiger partial charge in [-0.05, 0) is 18.2 Å². The number of carbonyl (C=O) groups excluding carboxylic acids is 2. The number of Topliss-reactive ketones (excluding diaryl/α,β-unsaturated/α-hetero) is 1. The molecule has 0 saturated carbocycles. The van der Waals surface area contributed by atoms with E-state index >= 15 is 0 Å². The molecule has 0 aromatic rings. The third-order valence-electron chi connectivity index (χ3n) is 2.81. The summed E-state index contributed by atoms with van der Waals surface area (Å²) in [6.45, 7) is 3.81. The van der Waals surface area contributed by atoms with Gasteiger partial charge in [0.25, 0.3) is 5.78 Å². The first-order valence-corrected chi connectivity index (χ1v) is 6.36. The zero-order valence-electron chi connectivity index (χ0n) is 11.5. The van der Waals surface area contributed by atoms with E-state index in [1.807, 2.05) is 13.8 Å². The van der Waals surface area contributed by atoms with Crippen LogP contribution in [0.2, 0.25) is 0 Å². The van der Waals surface area contributed by atoms with Crippen LogP contribution >= 0.6 is 0 Å². The van der Waals surface area contributed by atoms with Gasteiger partial charge in [0.15, 0.2) is 5.57 Å². The molecule has 0 bridgehead atoms. The summed E-state index contributed by atoms with van der Waals surface area (Å²) in [5, 5.41) is 6.63. The highest BCUT2D eigenvalue weighted by molar-refractivity contribution is 6.25. The Morgan fingerprint density at radius 3 is 2.30 bits per heavy atom. The molecule has 0 aliphatic heterocycles. The van der Waals surface area contributed by atoms with Gasteiger partial charge in [-0.2, -0.15) is 13.2 Å². The summed E-state index contributed by atoms with van der Waals surface area (Å²) in [4.78, 5) is 22.3. The van der Waals surface area contributed by atoms with Crippen LogP contribution in [0.3, 0.4) is 0 Å². The number of nitrogens with one attached hydrogen (secondary N) is 1. The number of esters is 1. The van der Waals surface area contributed by atoms with Crippen LogP contribution in [0.15, 0.2) is 5.57 Å². The van der Waals surface area contributed by atoms with Crippen LogP contribution < -0.4 is 0 Å². The first-order chi connectivity index (χ1) is 9.27. The molecule has 0 spiro atoms.